The molecule has 1 rings (SSSR count). The number of halogens is 3. The van der Waals surface area contributed by atoms with E-state index in [0.717, 1.165) is 0 Å². The molecule has 0 saturated carbocycles. The second-order valence-electron chi connectivity index (χ2n) is 6.38. The highest BCUT2D eigenvalue weighted by atomic mass is 19.4. The molecule has 1 aliphatic heterocycles. The molecule has 0 aromatic carbocycles. The fraction of sp³-hybridized carbons (Fsp3) is 0.786. The summed E-state index contributed by atoms with van der Waals surface area (Å²) >= 11 is 0. The van der Waals surface area contributed by atoms with E-state index in [0.29, 0.717) is 19.5 Å². The van der Waals surface area contributed by atoms with Crippen molar-refractivity contribution in [3.63, 3.8) is 0 Å². The lowest BCUT2D eigenvalue weighted by Crippen LogP contribution is -2.45. The summed E-state index contributed by atoms with van der Waals surface area (Å²) in [6, 6.07) is 0. The molecule has 0 aromatic heterocycles. The second-order valence-corrected chi connectivity index (χ2v) is 6.38. The van der Waals surface area contributed by atoms with Crippen molar-refractivity contribution in [2.75, 3.05) is 32.7 Å². The molecule has 0 atom stereocenters. The van der Waals surface area contributed by atoms with Gasteiger partial charge in [-0.1, -0.05) is 0 Å². The molecule has 0 unspecified atom stereocenters. The van der Waals surface area contributed by atoms with Crippen LogP contribution in [0.1, 0.15) is 27.2 Å². The van der Waals surface area contributed by atoms with Crippen LogP contribution in [0.15, 0.2) is 0 Å². The van der Waals surface area contributed by atoms with Crippen molar-refractivity contribution in [3.8, 4) is 0 Å². The Morgan fingerprint density at radius 1 is 1.00 bits per heavy atom. The monoisotopic (exact) mass is 353 g/mol. The minimum absolute atomic E-state index is 0.167. The normalized spacial score (nSPS) is 16.4. The van der Waals surface area contributed by atoms with Crippen LogP contribution in [0.5, 0.6) is 0 Å². The largest absolute Gasteiger partial charge is 0.471 e. The van der Waals surface area contributed by atoms with E-state index in [1.165, 1.54) is 9.80 Å². The van der Waals surface area contributed by atoms with Crippen LogP contribution < -0.4 is 5.32 Å². The fourth-order valence-corrected chi connectivity index (χ4v) is 2.04. The van der Waals surface area contributed by atoms with Gasteiger partial charge in [0.2, 0.25) is 5.91 Å². The highest BCUT2D eigenvalue weighted by Gasteiger charge is 2.38. The molecule has 24 heavy (non-hydrogen) atoms. The number of nitrogens with one attached hydrogen (secondary N) is 1. The Morgan fingerprint density at radius 2 is 1.54 bits per heavy atom. The SMILES string of the molecule is CC(C)(C)OC(=O)N1CCCN(C(=O)CNC(=O)C(F)(F)F)CC1. The molecule has 0 radical (unpaired) electrons. The summed E-state index contributed by atoms with van der Waals surface area (Å²) < 4.78 is 41.5. The zero-order chi connectivity index (χ0) is 18.5. The number of carbonyl (C=O) groups is 3. The summed E-state index contributed by atoms with van der Waals surface area (Å²) in [5, 5.41) is 1.54. The first kappa shape index (κ1) is 20.0. The van der Waals surface area contributed by atoms with Crippen LogP contribution in [0.4, 0.5) is 18.0 Å². The molecular formula is C14H22F3N3O4. The highest BCUT2D eigenvalue weighted by molar-refractivity contribution is 5.87. The Bertz CT molecular complexity index is 489. The molecule has 1 N–H and O–H groups in total. The minimum Gasteiger partial charge on any atom is -0.444 e. The van der Waals surface area contributed by atoms with Crippen molar-refractivity contribution < 1.29 is 32.3 Å². The van der Waals surface area contributed by atoms with Crippen LogP contribution in [-0.4, -0.2) is 72.2 Å². The predicted octanol–water partition coefficient (Wildman–Crippen LogP) is 1.13. The fourth-order valence-electron chi connectivity index (χ4n) is 2.04. The summed E-state index contributed by atoms with van der Waals surface area (Å²) in [6.45, 7) is 5.54. The molecule has 3 amide bonds. The van der Waals surface area contributed by atoms with Crippen molar-refractivity contribution in [2.24, 2.45) is 0 Å². The summed E-state index contributed by atoms with van der Waals surface area (Å²) in [5.41, 5.74) is -0.638. The molecule has 138 valence electrons. The Morgan fingerprint density at radius 3 is 2.08 bits per heavy atom. The van der Waals surface area contributed by atoms with Crippen LogP contribution in [0, 0.1) is 0 Å². The topological polar surface area (TPSA) is 79.0 Å². The Kier molecular flexibility index (Phi) is 6.44. The maximum absolute atomic E-state index is 12.1. The van der Waals surface area contributed by atoms with E-state index in [-0.39, 0.29) is 13.1 Å². The van der Waals surface area contributed by atoms with Gasteiger partial charge in [-0.3, -0.25) is 9.59 Å². The Hall–Kier alpha value is -2.00. The van der Waals surface area contributed by atoms with Gasteiger partial charge in [0.1, 0.15) is 5.60 Å². The maximum atomic E-state index is 12.1. The first-order chi connectivity index (χ1) is 10.9. The first-order valence-corrected chi connectivity index (χ1v) is 7.51. The van der Waals surface area contributed by atoms with E-state index in [1.807, 2.05) is 0 Å². The van der Waals surface area contributed by atoms with E-state index in [1.54, 1.807) is 26.1 Å². The summed E-state index contributed by atoms with van der Waals surface area (Å²) in [6.07, 6.45) is -5.05. The Labute approximate surface area is 138 Å². The zero-order valence-corrected chi connectivity index (χ0v) is 13.9. The van der Waals surface area contributed by atoms with E-state index in [4.69, 9.17) is 4.74 Å². The van der Waals surface area contributed by atoms with Gasteiger partial charge in [-0.15, -0.1) is 0 Å². The van der Waals surface area contributed by atoms with Crippen LogP contribution in [-0.2, 0) is 14.3 Å². The number of alkyl halides is 3. The van der Waals surface area contributed by atoms with Gasteiger partial charge in [0.25, 0.3) is 0 Å². The van der Waals surface area contributed by atoms with Gasteiger partial charge in [-0.05, 0) is 27.2 Å². The van der Waals surface area contributed by atoms with Crippen LogP contribution >= 0.6 is 0 Å². The molecule has 1 aliphatic rings. The average Bonchev–Trinajstić information content (AvgIpc) is 2.67. The molecule has 1 heterocycles. The average molecular weight is 353 g/mol. The number of carbonyl (C=O) groups excluding carboxylic acids is 3. The van der Waals surface area contributed by atoms with Gasteiger partial charge >= 0.3 is 18.2 Å². The van der Waals surface area contributed by atoms with Crippen molar-refractivity contribution in [1.29, 1.82) is 0 Å². The molecule has 0 bridgehead atoms. The third-order valence-corrected chi connectivity index (χ3v) is 3.16. The standard InChI is InChI=1S/C14H22F3N3O4/c1-13(2,3)24-12(23)20-6-4-5-19(7-8-20)10(21)9-18-11(22)14(15,16)17/h4-9H2,1-3H3,(H,18,22). The summed E-state index contributed by atoms with van der Waals surface area (Å²) in [5.74, 6) is -2.78. The Balaban J connectivity index is 2.49. The third kappa shape index (κ3) is 6.63. The summed E-state index contributed by atoms with van der Waals surface area (Å²) in [4.78, 5) is 37.4. The number of rotatable bonds is 2. The van der Waals surface area contributed by atoms with E-state index < -0.39 is 36.2 Å². The van der Waals surface area contributed by atoms with Gasteiger partial charge in [0, 0.05) is 26.2 Å². The molecule has 10 heteroatoms. The maximum Gasteiger partial charge on any atom is 0.471 e. The lowest BCUT2D eigenvalue weighted by Gasteiger charge is -2.26. The van der Waals surface area contributed by atoms with Gasteiger partial charge in [-0.2, -0.15) is 13.2 Å². The van der Waals surface area contributed by atoms with E-state index in [2.05, 4.69) is 0 Å². The molecule has 1 saturated heterocycles. The van der Waals surface area contributed by atoms with Crippen LogP contribution in [0.25, 0.3) is 0 Å². The van der Waals surface area contributed by atoms with E-state index >= 15 is 0 Å². The number of nitrogens with zero attached hydrogens (tertiary/aromatic N) is 2. The van der Waals surface area contributed by atoms with Gasteiger partial charge in [0.05, 0.1) is 6.54 Å². The molecule has 7 nitrogen and oxygen atoms in total. The highest BCUT2D eigenvalue weighted by Crippen LogP contribution is 2.14. The lowest BCUT2D eigenvalue weighted by molar-refractivity contribution is -0.174. The minimum atomic E-state index is -5.02. The molecule has 0 aromatic rings. The third-order valence-electron chi connectivity index (χ3n) is 3.16. The van der Waals surface area contributed by atoms with Crippen molar-refractivity contribution in [3.05, 3.63) is 0 Å². The van der Waals surface area contributed by atoms with Crippen LogP contribution in [0.3, 0.4) is 0 Å². The van der Waals surface area contributed by atoms with E-state index in [9.17, 15) is 27.6 Å². The van der Waals surface area contributed by atoms with Crippen molar-refractivity contribution in [2.45, 2.75) is 39.0 Å². The number of hydrogen-bond acceptors (Lipinski definition) is 4. The van der Waals surface area contributed by atoms with Gasteiger partial charge < -0.3 is 19.9 Å². The van der Waals surface area contributed by atoms with Gasteiger partial charge in [0.15, 0.2) is 0 Å². The van der Waals surface area contributed by atoms with Crippen molar-refractivity contribution >= 4 is 17.9 Å². The zero-order valence-electron chi connectivity index (χ0n) is 13.9. The molecule has 0 spiro atoms. The van der Waals surface area contributed by atoms with Crippen molar-refractivity contribution in [1.82, 2.24) is 15.1 Å². The smallest absolute Gasteiger partial charge is 0.444 e. The lowest BCUT2D eigenvalue weighted by atomic mass is 10.2. The first-order valence-electron chi connectivity index (χ1n) is 7.51. The van der Waals surface area contributed by atoms with Crippen LogP contribution in [0.2, 0.25) is 0 Å². The quantitative estimate of drug-likeness (QED) is 0.807. The summed E-state index contributed by atoms with van der Waals surface area (Å²) in [7, 11) is 0. The number of hydrogen-bond donors (Lipinski definition) is 1. The van der Waals surface area contributed by atoms with Gasteiger partial charge in [-0.25, -0.2) is 4.79 Å². The molecule has 0 aliphatic carbocycles. The second kappa shape index (κ2) is 7.71. The number of amides is 3. The molecule has 1 fully saturated rings. The molecular weight excluding hydrogens is 331 g/mol. The number of ether oxygens (including phenoxy) is 1. The predicted molar refractivity (Wildman–Crippen MR) is 78.1 cm³/mol.